The summed E-state index contributed by atoms with van der Waals surface area (Å²) >= 11 is 0. The molecule has 1 atom stereocenters. The van der Waals surface area contributed by atoms with Crippen molar-refractivity contribution in [1.29, 1.82) is 0 Å². The van der Waals surface area contributed by atoms with E-state index in [2.05, 4.69) is 56.9 Å². The van der Waals surface area contributed by atoms with Gasteiger partial charge in [0.05, 0.1) is 0 Å². The van der Waals surface area contributed by atoms with Gasteiger partial charge in [0, 0.05) is 6.54 Å². The second-order valence-corrected chi connectivity index (χ2v) is 8.00. The van der Waals surface area contributed by atoms with Gasteiger partial charge < -0.3 is 4.90 Å². The zero-order chi connectivity index (χ0) is 15.3. The minimum absolute atomic E-state index is 0.446. The lowest BCUT2D eigenvalue weighted by molar-refractivity contribution is 0.223. The van der Waals surface area contributed by atoms with Gasteiger partial charge in [0.25, 0.3) is 0 Å². The fourth-order valence-corrected chi connectivity index (χ4v) is 3.29. The number of rotatable bonds is 2. The van der Waals surface area contributed by atoms with Crippen molar-refractivity contribution in [3.63, 3.8) is 0 Å². The number of fused-ring (bicyclic) bond motifs is 1. The zero-order valence-corrected chi connectivity index (χ0v) is 14.5. The van der Waals surface area contributed by atoms with E-state index in [1.807, 2.05) is 0 Å². The van der Waals surface area contributed by atoms with Crippen molar-refractivity contribution in [2.45, 2.75) is 65.7 Å². The highest BCUT2D eigenvalue weighted by Gasteiger charge is 2.16. The van der Waals surface area contributed by atoms with Crippen LogP contribution in [0.4, 0.5) is 0 Å². The molecule has 0 fully saturated rings. The van der Waals surface area contributed by atoms with Crippen molar-refractivity contribution >= 4 is 0 Å². The molecule has 0 aromatic heterocycles. The van der Waals surface area contributed by atoms with Crippen LogP contribution in [-0.4, -0.2) is 24.5 Å². The van der Waals surface area contributed by atoms with Crippen LogP contribution >= 0.6 is 0 Å². The van der Waals surface area contributed by atoms with Gasteiger partial charge in [0.2, 0.25) is 0 Å². The second-order valence-electron chi connectivity index (χ2n) is 8.00. The van der Waals surface area contributed by atoms with E-state index in [9.17, 15) is 0 Å². The van der Waals surface area contributed by atoms with Crippen molar-refractivity contribution in [3.05, 3.63) is 35.4 Å². The van der Waals surface area contributed by atoms with Crippen molar-refractivity contribution in [2.75, 3.05) is 19.6 Å². The molecule has 118 valence electrons. The van der Waals surface area contributed by atoms with Crippen molar-refractivity contribution in [3.8, 4) is 0 Å². The first-order valence-electron chi connectivity index (χ1n) is 8.76. The molecule has 2 rings (SSSR count). The monoisotopic (exact) mass is 287 g/mol. The number of benzene rings is 1. The summed E-state index contributed by atoms with van der Waals surface area (Å²) in [7, 11) is 0. The van der Waals surface area contributed by atoms with Gasteiger partial charge in [-0.2, -0.15) is 0 Å². The molecule has 1 nitrogen and oxygen atoms in total. The summed E-state index contributed by atoms with van der Waals surface area (Å²) in [5.74, 6) is 0.724. The van der Waals surface area contributed by atoms with Crippen LogP contribution < -0.4 is 0 Å². The molecule has 1 aliphatic rings. The third-order valence-electron chi connectivity index (χ3n) is 4.82. The van der Waals surface area contributed by atoms with E-state index in [4.69, 9.17) is 0 Å². The molecule has 0 spiro atoms. The van der Waals surface area contributed by atoms with E-state index >= 15 is 0 Å². The molecule has 0 N–H and O–H groups in total. The molecule has 1 aromatic carbocycles. The third kappa shape index (κ3) is 5.47. The summed E-state index contributed by atoms with van der Waals surface area (Å²) in [4.78, 5) is 2.69. The Morgan fingerprint density at radius 2 is 1.86 bits per heavy atom. The first kappa shape index (κ1) is 16.5. The predicted molar refractivity (Wildman–Crippen MR) is 92.9 cm³/mol. The number of nitrogens with zero attached hydrogens (tertiary/aromatic N) is 1. The maximum Gasteiger partial charge on any atom is 0.00219 e. The van der Waals surface area contributed by atoms with E-state index in [1.165, 1.54) is 51.7 Å². The van der Waals surface area contributed by atoms with Crippen molar-refractivity contribution in [1.82, 2.24) is 4.90 Å². The fourth-order valence-electron chi connectivity index (χ4n) is 3.29. The predicted octanol–water partition coefficient (Wildman–Crippen LogP) is 5.25. The van der Waals surface area contributed by atoms with E-state index in [-0.39, 0.29) is 0 Å². The number of hydrogen-bond donors (Lipinski definition) is 0. The molecule has 1 heterocycles. The Kier molecular flexibility index (Phi) is 5.87. The normalized spacial score (nSPS) is 21.8. The van der Waals surface area contributed by atoms with Gasteiger partial charge in [0.15, 0.2) is 0 Å². The Labute approximate surface area is 131 Å². The molecule has 0 unspecified atom stereocenters. The van der Waals surface area contributed by atoms with Gasteiger partial charge in [0.1, 0.15) is 0 Å². The van der Waals surface area contributed by atoms with Gasteiger partial charge >= 0.3 is 0 Å². The molecule has 0 saturated heterocycles. The molecule has 0 bridgehead atoms. The molecular weight excluding hydrogens is 254 g/mol. The minimum atomic E-state index is 0.446. The molecule has 0 radical (unpaired) electrons. The third-order valence-corrected chi connectivity index (χ3v) is 4.82. The van der Waals surface area contributed by atoms with E-state index in [0.717, 1.165) is 5.92 Å². The molecule has 0 amide bonds. The van der Waals surface area contributed by atoms with Crippen LogP contribution in [0.3, 0.4) is 0 Å². The smallest absolute Gasteiger partial charge is 0.00219 e. The Morgan fingerprint density at radius 3 is 2.62 bits per heavy atom. The van der Waals surface area contributed by atoms with Crippen LogP contribution in [0.5, 0.6) is 0 Å². The van der Waals surface area contributed by atoms with Gasteiger partial charge in [-0.05, 0) is 61.2 Å². The summed E-state index contributed by atoms with van der Waals surface area (Å²) in [6, 6.07) is 9.10. The Morgan fingerprint density at radius 1 is 1.10 bits per heavy atom. The van der Waals surface area contributed by atoms with Crippen LogP contribution in [0, 0.1) is 5.41 Å². The molecule has 1 aliphatic heterocycles. The highest BCUT2D eigenvalue weighted by molar-refractivity contribution is 5.30. The lowest BCUT2D eigenvalue weighted by atomic mass is 9.89. The van der Waals surface area contributed by atoms with Crippen molar-refractivity contribution < 1.29 is 0 Å². The summed E-state index contributed by atoms with van der Waals surface area (Å²) in [5, 5.41) is 0. The Balaban J connectivity index is 2.03. The van der Waals surface area contributed by atoms with Crippen LogP contribution in [0.2, 0.25) is 0 Å². The van der Waals surface area contributed by atoms with Crippen LogP contribution in [-0.2, 0) is 6.42 Å². The maximum atomic E-state index is 2.69. The number of hydrogen-bond acceptors (Lipinski definition) is 1. The molecule has 0 aliphatic carbocycles. The van der Waals surface area contributed by atoms with Gasteiger partial charge in [-0.3, -0.25) is 0 Å². The first-order valence-corrected chi connectivity index (χ1v) is 8.76. The van der Waals surface area contributed by atoms with E-state index < -0.39 is 0 Å². The van der Waals surface area contributed by atoms with Gasteiger partial charge in [-0.25, -0.2) is 0 Å². The van der Waals surface area contributed by atoms with Gasteiger partial charge in [-0.1, -0.05) is 58.4 Å². The molecule has 21 heavy (non-hydrogen) atoms. The standard InChI is InChI=1S/C20H33N/c1-17-9-7-8-14-21(16-13-20(2,3)4)15-12-18-10-5-6-11-19(17)18/h5-6,10-11,17H,7-9,12-16H2,1-4H3/t17-/m0/s1. The quantitative estimate of drug-likeness (QED) is 0.717. The molecular formula is C20H33N. The topological polar surface area (TPSA) is 3.24 Å². The van der Waals surface area contributed by atoms with Gasteiger partial charge in [-0.15, -0.1) is 0 Å². The largest absolute Gasteiger partial charge is 0.303 e. The summed E-state index contributed by atoms with van der Waals surface area (Å²) < 4.78 is 0. The highest BCUT2D eigenvalue weighted by Crippen LogP contribution is 2.27. The van der Waals surface area contributed by atoms with Crippen LogP contribution in [0.25, 0.3) is 0 Å². The highest BCUT2D eigenvalue weighted by atomic mass is 15.1. The lowest BCUT2D eigenvalue weighted by Gasteiger charge is -2.28. The summed E-state index contributed by atoms with van der Waals surface area (Å²) in [6.07, 6.45) is 6.57. The summed E-state index contributed by atoms with van der Waals surface area (Å²) in [5.41, 5.74) is 3.62. The van der Waals surface area contributed by atoms with E-state index in [1.54, 1.807) is 11.1 Å². The Hall–Kier alpha value is -0.820. The molecule has 1 heteroatoms. The Bertz CT molecular complexity index is 430. The fraction of sp³-hybridized carbons (Fsp3) is 0.700. The first-order chi connectivity index (χ1) is 9.96. The second kappa shape index (κ2) is 7.45. The lowest BCUT2D eigenvalue weighted by Crippen LogP contribution is -2.31. The SMILES string of the molecule is C[C@H]1CCCCN(CCC(C)(C)C)CCc2ccccc21. The molecule has 1 aromatic rings. The summed E-state index contributed by atoms with van der Waals surface area (Å²) in [6.45, 7) is 13.2. The van der Waals surface area contributed by atoms with E-state index in [0.29, 0.717) is 5.41 Å². The maximum absolute atomic E-state index is 2.69. The average Bonchev–Trinajstić information content (AvgIpc) is 2.44. The minimum Gasteiger partial charge on any atom is -0.303 e. The zero-order valence-electron chi connectivity index (χ0n) is 14.5. The van der Waals surface area contributed by atoms with Crippen LogP contribution in [0.1, 0.15) is 70.4 Å². The average molecular weight is 287 g/mol. The van der Waals surface area contributed by atoms with Crippen LogP contribution in [0.15, 0.2) is 24.3 Å². The molecule has 0 saturated carbocycles. The van der Waals surface area contributed by atoms with Crippen molar-refractivity contribution in [2.24, 2.45) is 5.41 Å².